The molecule has 20 heavy (non-hydrogen) atoms. The van der Waals surface area contributed by atoms with Crippen molar-refractivity contribution in [2.75, 3.05) is 35.6 Å². The van der Waals surface area contributed by atoms with Gasteiger partial charge in [-0.1, -0.05) is 95.6 Å². The molecule has 0 spiro atoms. The Balaban J connectivity index is 4.45. The van der Waals surface area contributed by atoms with Crippen LogP contribution in [0.4, 0.5) is 0 Å². The first-order valence-corrected chi connectivity index (χ1v) is 13.6. The first-order chi connectivity index (χ1) is 9.36. The highest BCUT2D eigenvalue weighted by atomic mass is 79.9. The van der Waals surface area contributed by atoms with Crippen LogP contribution in [0.3, 0.4) is 0 Å². The molecule has 122 valence electrons. The molecule has 0 saturated heterocycles. The van der Waals surface area contributed by atoms with Crippen molar-refractivity contribution < 1.29 is 4.57 Å². The summed E-state index contributed by atoms with van der Waals surface area (Å²) in [6, 6.07) is 0. The number of halogens is 6. The molecular formula is C9H18Br6N3OP. The van der Waals surface area contributed by atoms with Crippen molar-refractivity contribution >= 4 is 103 Å². The second-order valence-corrected chi connectivity index (χ2v) is 11.9. The number of hydrogen-bond donors (Lipinski definition) is 3. The summed E-state index contributed by atoms with van der Waals surface area (Å²) < 4.78 is 12.8. The SMILES string of the molecule is O=P(NCC(Br)CBr)(NCC(Br)CBr)NCC(Br)CBr. The fraction of sp³-hybridized carbons (Fsp3) is 1.00. The van der Waals surface area contributed by atoms with E-state index in [1.807, 2.05) is 0 Å². The lowest BCUT2D eigenvalue weighted by atomic mass is 10.5. The largest absolute Gasteiger partial charge is 0.279 e. The van der Waals surface area contributed by atoms with Crippen molar-refractivity contribution in [1.29, 1.82) is 0 Å². The van der Waals surface area contributed by atoms with Gasteiger partial charge in [0.2, 0.25) is 0 Å². The molecule has 0 aromatic carbocycles. The minimum Gasteiger partial charge on any atom is -0.271 e. The summed E-state index contributed by atoms with van der Waals surface area (Å²) in [7, 11) is -2.82. The van der Waals surface area contributed by atoms with Crippen LogP contribution in [0, 0.1) is 0 Å². The average Bonchev–Trinajstić information content (AvgIpc) is 2.47. The molecule has 4 nitrogen and oxygen atoms in total. The highest BCUT2D eigenvalue weighted by Crippen LogP contribution is 2.31. The van der Waals surface area contributed by atoms with Crippen molar-refractivity contribution in [2.24, 2.45) is 0 Å². The van der Waals surface area contributed by atoms with Crippen LogP contribution in [-0.4, -0.2) is 50.1 Å². The molecule has 0 aromatic heterocycles. The number of nitrogens with one attached hydrogen (secondary N) is 3. The van der Waals surface area contributed by atoms with Crippen LogP contribution in [0.1, 0.15) is 0 Å². The molecule has 3 N–H and O–H groups in total. The monoisotopic (exact) mass is 689 g/mol. The number of alkyl halides is 6. The van der Waals surface area contributed by atoms with E-state index >= 15 is 0 Å². The van der Waals surface area contributed by atoms with E-state index in [2.05, 4.69) is 111 Å². The molecular weight excluding hydrogens is 677 g/mol. The molecule has 3 atom stereocenters. The Morgan fingerprint density at radius 2 is 0.950 bits per heavy atom. The fourth-order valence-electron chi connectivity index (χ4n) is 1.01. The Bertz CT molecular complexity index is 258. The molecule has 3 unspecified atom stereocenters. The maximum Gasteiger partial charge on any atom is 0.279 e. The van der Waals surface area contributed by atoms with Gasteiger partial charge in [-0.25, -0.2) is 15.3 Å². The number of hydrogen-bond acceptors (Lipinski definition) is 1. The molecule has 0 aliphatic carbocycles. The molecule has 0 radical (unpaired) electrons. The summed E-state index contributed by atoms with van der Waals surface area (Å²) in [5.74, 6) is 0. The quantitative estimate of drug-likeness (QED) is 0.211. The molecule has 0 saturated carbocycles. The van der Waals surface area contributed by atoms with Gasteiger partial charge in [-0.15, -0.1) is 0 Å². The summed E-state index contributed by atoms with van der Waals surface area (Å²) in [4.78, 5) is 0.684. The van der Waals surface area contributed by atoms with Gasteiger partial charge in [-0.2, -0.15) is 0 Å². The van der Waals surface area contributed by atoms with Crippen LogP contribution in [0.25, 0.3) is 0 Å². The Kier molecular flexibility index (Phi) is 15.3. The van der Waals surface area contributed by atoms with E-state index in [0.717, 1.165) is 16.0 Å². The van der Waals surface area contributed by atoms with Crippen LogP contribution in [-0.2, 0) is 4.57 Å². The Labute approximate surface area is 171 Å². The highest BCUT2D eigenvalue weighted by molar-refractivity contribution is 9.12. The second kappa shape index (κ2) is 13.3. The minimum absolute atomic E-state index is 0.228. The van der Waals surface area contributed by atoms with Gasteiger partial charge in [0, 0.05) is 50.1 Å². The first-order valence-electron chi connectivity index (χ1n) is 5.82. The maximum absolute atomic E-state index is 12.8. The van der Waals surface area contributed by atoms with Gasteiger partial charge in [-0.3, -0.25) is 4.57 Å². The summed E-state index contributed by atoms with van der Waals surface area (Å²) >= 11 is 20.6. The second-order valence-electron chi connectivity index (χ2n) is 3.95. The van der Waals surface area contributed by atoms with Gasteiger partial charge >= 0.3 is 0 Å². The molecule has 0 aromatic rings. The Morgan fingerprint density at radius 3 is 1.15 bits per heavy atom. The summed E-state index contributed by atoms with van der Waals surface area (Å²) in [6.45, 7) is 1.81. The lowest BCUT2D eigenvalue weighted by Crippen LogP contribution is -2.39. The summed E-state index contributed by atoms with van der Waals surface area (Å²) in [5.41, 5.74) is 0. The molecule has 0 heterocycles. The molecule has 0 aliphatic heterocycles. The predicted octanol–water partition coefficient (Wildman–Crippen LogP) is 4.34. The van der Waals surface area contributed by atoms with Crippen LogP contribution in [0.5, 0.6) is 0 Å². The van der Waals surface area contributed by atoms with Gasteiger partial charge in [0.05, 0.1) is 0 Å². The molecule has 11 heteroatoms. The van der Waals surface area contributed by atoms with Crippen LogP contribution < -0.4 is 15.3 Å². The molecule has 0 aliphatic rings. The fourth-order valence-corrected chi connectivity index (χ4v) is 4.71. The molecule has 0 amide bonds. The Morgan fingerprint density at radius 1 is 0.700 bits per heavy atom. The summed E-state index contributed by atoms with van der Waals surface area (Å²) in [6.07, 6.45) is 0. The van der Waals surface area contributed by atoms with Crippen molar-refractivity contribution in [2.45, 2.75) is 14.5 Å². The standard InChI is InChI=1S/C9H18Br6N3OP/c10-1-7(13)4-16-20(19,17-5-8(14)2-11)18-6-9(15)3-12/h7-9H,1-6H2,(H3,16,17,18,19). The van der Waals surface area contributed by atoms with Crippen molar-refractivity contribution in [1.82, 2.24) is 15.3 Å². The third-order valence-corrected chi connectivity index (χ3v) is 10.9. The van der Waals surface area contributed by atoms with Gasteiger partial charge in [0.15, 0.2) is 0 Å². The zero-order chi connectivity index (χ0) is 15.6. The van der Waals surface area contributed by atoms with Crippen molar-refractivity contribution in [3.63, 3.8) is 0 Å². The zero-order valence-electron chi connectivity index (χ0n) is 10.6. The van der Waals surface area contributed by atoms with Crippen LogP contribution >= 0.6 is 103 Å². The number of rotatable bonds is 12. The van der Waals surface area contributed by atoms with Gasteiger partial charge in [0.25, 0.3) is 7.59 Å². The van der Waals surface area contributed by atoms with Gasteiger partial charge < -0.3 is 0 Å². The molecule has 0 bridgehead atoms. The van der Waals surface area contributed by atoms with Crippen molar-refractivity contribution in [3.05, 3.63) is 0 Å². The zero-order valence-corrected chi connectivity index (χ0v) is 21.0. The van der Waals surface area contributed by atoms with E-state index in [4.69, 9.17) is 0 Å². The lowest BCUT2D eigenvalue weighted by molar-refractivity contribution is 0.540. The van der Waals surface area contributed by atoms with E-state index in [-0.39, 0.29) is 14.5 Å². The van der Waals surface area contributed by atoms with E-state index in [9.17, 15) is 4.57 Å². The minimum atomic E-state index is -2.82. The molecule has 0 fully saturated rings. The van der Waals surface area contributed by atoms with E-state index < -0.39 is 7.59 Å². The van der Waals surface area contributed by atoms with E-state index in [1.165, 1.54) is 0 Å². The van der Waals surface area contributed by atoms with Gasteiger partial charge in [0.1, 0.15) is 0 Å². The average molecular weight is 695 g/mol. The third kappa shape index (κ3) is 11.5. The summed E-state index contributed by atoms with van der Waals surface area (Å²) in [5, 5.41) is 11.7. The normalized spacial score (nSPS) is 19.3. The van der Waals surface area contributed by atoms with Crippen LogP contribution in [0.15, 0.2) is 0 Å². The third-order valence-electron chi connectivity index (χ3n) is 2.11. The Hall–Kier alpha value is 2.99. The predicted molar refractivity (Wildman–Crippen MR) is 111 cm³/mol. The topological polar surface area (TPSA) is 53.2 Å². The van der Waals surface area contributed by atoms with Crippen molar-refractivity contribution in [3.8, 4) is 0 Å². The van der Waals surface area contributed by atoms with E-state index in [1.54, 1.807) is 0 Å². The smallest absolute Gasteiger partial charge is 0.271 e. The highest BCUT2D eigenvalue weighted by Gasteiger charge is 2.23. The van der Waals surface area contributed by atoms with Gasteiger partial charge in [-0.05, 0) is 0 Å². The maximum atomic E-state index is 12.8. The lowest BCUT2D eigenvalue weighted by Gasteiger charge is -2.24. The first kappa shape index (κ1) is 23.0. The van der Waals surface area contributed by atoms with E-state index in [0.29, 0.717) is 19.6 Å². The van der Waals surface area contributed by atoms with Crippen LogP contribution in [0.2, 0.25) is 0 Å². The molecule has 0 rings (SSSR count).